The van der Waals surface area contributed by atoms with Gasteiger partial charge in [0.05, 0.1) is 0 Å². The zero-order chi connectivity index (χ0) is 12.0. The molecule has 1 amide bonds. The Hall–Kier alpha value is -0.530. The van der Waals surface area contributed by atoms with Gasteiger partial charge in [0, 0.05) is 40.7 Å². The number of aliphatic imine (C=N–C) groups is 1. The van der Waals surface area contributed by atoms with Gasteiger partial charge in [-0.3, -0.25) is 9.79 Å². The van der Waals surface area contributed by atoms with Gasteiger partial charge >= 0.3 is 0 Å². The highest BCUT2D eigenvalue weighted by Gasteiger charge is 2.20. The van der Waals surface area contributed by atoms with Crippen LogP contribution in [0.5, 0.6) is 0 Å². The number of guanidine groups is 1. The average Bonchev–Trinajstić information content (AvgIpc) is 3.06. The fraction of sp³-hybridized carbons (Fsp3) is 0.818. The predicted molar refractivity (Wildman–Crippen MR) is 80.8 cm³/mol. The zero-order valence-electron chi connectivity index (χ0n) is 10.8. The number of nitrogens with zero attached hydrogens (tertiary/aromatic N) is 2. The lowest BCUT2D eigenvalue weighted by molar-refractivity contribution is -0.128. The molecule has 6 heteroatoms. The number of nitrogens with one attached hydrogen (secondary N) is 2. The van der Waals surface area contributed by atoms with Crippen molar-refractivity contribution in [1.82, 2.24) is 15.5 Å². The molecule has 0 radical (unpaired) electrons. The van der Waals surface area contributed by atoms with Gasteiger partial charge in [-0.1, -0.05) is 0 Å². The van der Waals surface area contributed by atoms with E-state index in [0.717, 1.165) is 18.4 Å². The molecular weight excluding hydrogens is 331 g/mol. The molecule has 0 saturated heterocycles. The number of halogens is 1. The first-order valence-corrected chi connectivity index (χ1v) is 5.78. The fourth-order valence-electron chi connectivity index (χ4n) is 1.30. The Bertz CT molecular complexity index is 264. The Kier molecular flexibility index (Phi) is 8.28. The fourth-order valence-corrected chi connectivity index (χ4v) is 1.30. The van der Waals surface area contributed by atoms with E-state index in [1.54, 1.807) is 26.0 Å². The van der Waals surface area contributed by atoms with Crippen molar-refractivity contribution in [2.24, 2.45) is 10.9 Å². The van der Waals surface area contributed by atoms with Crippen LogP contribution in [0.4, 0.5) is 0 Å². The van der Waals surface area contributed by atoms with Crippen molar-refractivity contribution in [3.63, 3.8) is 0 Å². The van der Waals surface area contributed by atoms with Crippen molar-refractivity contribution in [3.8, 4) is 0 Å². The largest absolute Gasteiger partial charge is 0.356 e. The summed E-state index contributed by atoms with van der Waals surface area (Å²) >= 11 is 0. The molecule has 0 unspecified atom stereocenters. The minimum atomic E-state index is 0. The molecule has 100 valence electrons. The van der Waals surface area contributed by atoms with Crippen molar-refractivity contribution in [1.29, 1.82) is 0 Å². The van der Waals surface area contributed by atoms with E-state index >= 15 is 0 Å². The predicted octanol–water partition coefficient (Wildman–Crippen LogP) is 0.658. The van der Waals surface area contributed by atoms with Crippen molar-refractivity contribution in [3.05, 3.63) is 0 Å². The van der Waals surface area contributed by atoms with Crippen LogP contribution >= 0.6 is 24.0 Å². The van der Waals surface area contributed by atoms with Gasteiger partial charge in [0.15, 0.2) is 5.96 Å². The highest BCUT2D eigenvalue weighted by atomic mass is 127. The lowest BCUT2D eigenvalue weighted by Gasteiger charge is -2.13. The smallest absolute Gasteiger partial charge is 0.223 e. The number of hydrogen-bond acceptors (Lipinski definition) is 2. The van der Waals surface area contributed by atoms with Crippen LogP contribution in [0, 0.1) is 5.92 Å². The standard InChI is InChI=1S/C11H22N4O.HI/c1-12-11(14-8-9-4-5-9)13-7-6-10(16)15(2)3;/h9H,4-8H2,1-3H3,(H2,12,13,14);1H. The number of amides is 1. The van der Waals surface area contributed by atoms with Crippen molar-refractivity contribution >= 4 is 35.8 Å². The molecule has 0 aromatic heterocycles. The van der Waals surface area contributed by atoms with Crippen molar-refractivity contribution in [2.75, 3.05) is 34.2 Å². The molecule has 17 heavy (non-hydrogen) atoms. The van der Waals surface area contributed by atoms with Gasteiger partial charge in [-0.25, -0.2) is 0 Å². The number of carbonyl (C=O) groups excluding carboxylic acids is 1. The van der Waals surface area contributed by atoms with Crippen LogP contribution in [-0.2, 0) is 4.79 Å². The van der Waals surface area contributed by atoms with Gasteiger partial charge in [-0.05, 0) is 18.8 Å². The second-order valence-corrected chi connectivity index (χ2v) is 4.36. The SMILES string of the molecule is CN=C(NCCC(=O)N(C)C)NCC1CC1.I. The van der Waals surface area contributed by atoms with E-state index in [4.69, 9.17) is 0 Å². The van der Waals surface area contributed by atoms with Crippen LogP contribution in [0.3, 0.4) is 0 Å². The summed E-state index contributed by atoms with van der Waals surface area (Å²) < 4.78 is 0. The second kappa shape index (κ2) is 8.54. The number of hydrogen-bond donors (Lipinski definition) is 2. The summed E-state index contributed by atoms with van der Waals surface area (Å²) in [5, 5.41) is 6.38. The van der Waals surface area contributed by atoms with Gasteiger partial charge < -0.3 is 15.5 Å². The minimum Gasteiger partial charge on any atom is -0.356 e. The molecular formula is C11H23IN4O. The molecule has 1 aliphatic rings. The van der Waals surface area contributed by atoms with Crippen molar-refractivity contribution in [2.45, 2.75) is 19.3 Å². The normalized spacial score (nSPS) is 14.9. The van der Waals surface area contributed by atoms with E-state index in [-0.39, 0.29) is 29.9 Å². The zero-order valence-corrected chi connectivity index (χ0v) is 13.2. The maximum atomic E-state index is 11.3. The molecule has 1 aliphatic carbocycles. The Morgan fingerprint density at radius 2 is 2.00 bits per heavy atom. The molecule has 0 aliphatic heterocycles. The molecule has 1 fully saturated rings. The van der Waals surface area contributed by atoms with Gasteiger partial charge in [0.2, 0.25) is 5.91 Å². The summed E-state index contributed by atoms with van der Waals surface area (Å²) in [7, 11) is 5.28. The molecule has 0 heterocycles. The number of rotatable bonds is 5. The summed E-state index contributed by atoms with van der Waals surface area (Å²) in [5.41, 5.74) is 0. The summed E-state index contributed by atoms with van der Waals surface area (Å²) in [4.78, 5) is 17.0. The topological polar surface area (TPSA) is 56.7 Å². The Balaban J connectivity index is 0.00000256. The van der Waals surface area contributed by atoms with Gasteiger partial charge in [-0.2, -0.15) is 0 Å². The van der Waals surface area contributed by atoms with E-state index in [0.29, 0.717) is 13.0 Å². The van der Waals surface area contributed by atoms with Crippen LogP contribution in [0.25, 0.3) is 0 Å². The second-order valence-electron chi connectivity index (χ2n) is 4.36. The highest BCUT2D eigenvalue weighted by molar-refractivity contribution is 14.0. The van der Waals surface area contributed by atoms with Gasteiger partial charge in [0.1, 0.15) is 0 Å². The average molecular weight is 354 g/mol. The molecule has 0 atom stereocenters. The van der Waals surface area contributed by atoms with Crippen LogP contribution in [0.15, 0.2) is 4.99 Å². The van der Waals surface area contributed by atoms with E-state index in [1.807, 2.05) is 0 Å². The summed E-state index contributed by atoms with van der Waals surface area (Å²) in [5.74, 6) is 1.74. The molecule has 5 nitrogen and oxygen atoms in total. The first-order valence-electron chi connectivity index (χ1n) is 5.78. The quantitative estimate of drug-likeness (QED) is 0.433. The first kappa shape index (κ1) is 16.5. The monoisotopic (exact) mass is 354 g/mol. The van der Waals surface area contributed by atoms with Crippen molar-refractivity contribution < 1.29 is 4.79 Å². The maximum Gasteiger partial charge on any atom is 0.223 e. The summed E-state index contributed by atoms with van der Waals surface area (Å²) in [6.07, 6.45) is 3.14. The highest BCUT2D eigenvalue weighted by Crippen LogP contribution is 2.27. The Morgan fingerprint density at radius 1 is 1.35 bits per heavy atom. The molecule has 0 spiro atoms. The minimum absolute atomic E-state index is 0. The molecule has 0 aromatic carbocycles. The third-order valence-corrected chi connectivity index (χ3v) is 2.61. The molecule has 0 aromatic rings. The van der Waals surface area contributed by atoms with Gasteiger partial charge in [0.25, 0.3) is 0 Å². The third-order valence-electron chi connectivity index (χ3n) is 2.61. The van der Waals surface area contributed by atoms with E-state index in [1.165, 1.54) is 12.8 Å². The van der Waals surface area contributed by atoms with Crippen LogP contribution in [-0.4, -0.2) is 51.0 Å². The van der Waals surface area contributed by atoms with Crippen LogP contribution in [0.1, 0.15) is 19.3 Å². The van der Waals surface area contributed by atoms with E-state index in [2.05, 4.69) is 15.6 Å². The molecule has 2 N–H and O–H groups in total. The number of carbonyl (C=O) groups is 1. The maximum absolute atomic E-state index is 11.3. The molecule has 1 saturated carbocycles. The lowest BCUT2D eigenvalue weighted by atomic mass is 10.4. The summed E-state index contributed by atoms with van der Waals surface area (Å²) in [6, 6.07) is 0. The lowest BCUT2D eigenvalue weighted by Crippen LogP contribution is -2.40. The van der Waals surface area contributed by atoms with Crippen LogP contribution in [0.2, 0.25) is 0 Å². The Labute approximate surface area is 120 Å². The third kappa shape index (κ3) is 7.40. The van der Waals surface area contributed by atoms with Crippen LogP contribution < -0.4 is 10.6 Å². The first-order chi connectivity index (χ1) is 7.63. The molecule has 1 rings (SSSR count). The van der Waals surface area contributed by atoms with E-state index < -0.39 is 0 Å². The van der Waals surface area contributed by atoms with E-state index in [9.17, 15) is 4.79 Å². The Morgan fingerprint density at radius 3 is 2.47 bits per heavy atom. The summed E-state index contributed by atoms with van der Waals surface area (Å²) in [6.45, 7) is 1.61. The van der Waals surface area contributed by atoms with Gasteiger partial charge in [-0.15, -0.1) is 24.0 Å². The molecule has 0 bridgehead atoms.